The van der Waals surface area contributed by atoms with Crippen molar-refractivity contribution in [1.29, 1.82) is 0 Å². The van der Waals surface area contributed by atoms with E-state index in [0.717, 1.165) is 27.7 Å². The second kappa shape index (κ2) is 6.03. The highest BCUT2D eigenvalue weighted by Crippen LogP contribution is 2.39. The van der Waals surface area contributed by atoms with Crippen molar-refractivity contribution in [3.05, 3.63) is 96.6 Å². The quantitative estimate of drug-likeness (QED) is 0.388. The van der Waals surface area contributed by atoms with E-state index >= 15 is 0 Å². The summed E-state index contributed by atoms with van der Waals surface area (Å²) in [5.41, 5.74) is 6.56. The van der Waals surface area contributed by atoms with Crippen LogP contribution in [-0.2, 0) is 0 Å². The molecular weight excluding hydrogens is 330 g/mol. The molecule has 130 valence electrons. The van der Waals surface area contributed by atoms with E-state index in [0.29, 0.717) is 5.75 Å². The molecule has 0 saturated carbocycles. The molecule has 27 heavy (non-hydrogen) atoms. The van der Waals surface area contributed by atoms with Gasteiger partial charge in [-0.1, -0.05) is 66.7 Å². The molecule has 0 unspecified atom stereocenters. The molecule has 0 aliphatic rings. The van der Waals surface area contributed by atoms with Crippen LogP contribution in [0.15, 0.2) is 91.0 Å². The zero-order valence-electron chi connectivity index (χ0n) is 15.1. The average Bonchev–Trinajstić information content (AvgIpc) is 3.06. The monoisotopic (exact) mass is 349 g/mol. The number of aromatic nitrogens is 1. The lowest BCUT2D eigenvalue weighted by Crippen LogP contribution is -1.98. The highest BCUT2D eigenvalue weighted by atomic mass is 16.3. The maximum atomic E-state index is 10.4. The van der Waals surface area contributed by atoms with E-state index in [9.17, 15) is 5.11 Å². The summed E-state index contributed by atoms with van der Waals surface area (Å²) in [6.07, 6.45) is 0. The van der Waals surface area contributed by atoms with Gasteiger partial charge in [0, 0.05) is 21.9 Å². The van der Waals surface area contributed by atoms with Crippen molar-refractivity contribution >= 4 is 21.8 Å². The van der Waals surface area contributed by atoms with E-state index in [1.807, 2.05) is 19.1 Å². The van der Waals surface area contributed by atoms with Gasteiger partial charge in [0.15, 0.2) is 0 Å². The summed E-state index contributed by atoms with van der Waals surface area (Å²) in [4.78, 5) is 0. The molecule has 5 rings (SSSR count). The fourth-order valence-corrected chi connectivity index (χ4v) is 3.99. The molecule has 0 amide bonds. The van der Waals surface area contributed by atoms with Crippen LogP contribution in [0.25, 0.3) is 38.6 Å². The highest BCUT2D eigenvalue weighted by molar-refractivity contribution is 6.11. The fraction of sp³-hybridized carbons (Fsp3) is 0.0400. The summed E-state index contributed by atoms with van der Waals surface area (Å²) in [5, 5.41) is 12.7. The zero-order chi connectivity index (χ0) is 18.4. The first-order chi connectivity index (χ1) is 13.3. The minimum Gasteiger partial charge on any atom is -0.508 e. The standard InChI is InChI=1S/C25H19NO/c1-17-24(27)16-15-21-20-12-6-8-14-23(20)26(25(17)21)22-13-7-5-11-19(22)18-9-3-2-4-10-18/h2-16,27H,1H3. The van der Waals surface area contributed by atoms with Gasteiger partial charge >= 0.3 is 0 Å². The number of fused-ring (bicyclic) bond motifs is 3. The molecule has 5 aromatic rings. The summed E-state index contributed by atoms with van der Waals surface area (Å²) >= 11 is 0. The highest BCUT2D eigenvalue weighted by Gasteiger charge is 2.17. The van der Waals surface area contributed by atoms with E-state index < -0.39 is 0 Å². The Morgan fingerprint density at radius 1 is 0.667 bits per heavy atom. The van der Waals surface area contributed by atoms with Crippen molar-refractivity contribution in [2.45, 2.75) is 6.92 Å². The molecule has 2 nitrogen and oxygen atoms in total. The smallest absolute Gasteiger partial charge is 0.120 e. The molecule has 0 aliphatic heterocycles. The molecule has 0 fully saturated rings. The van der Waals surface area contributed by atoms with Crippen molar-refractivity contribution < 1.29 is 5.11 Å². The van der Waals surface area contributed by atoms with Crippen molar-refractivity contribution in [3.63, 3.8) is 0 Å². The summed E-state index contributed by atoms with van der Waals surface area (Å²) in [6, 6.07) is 31.1. The normalized spacial score (nSPS) is 11.3. The maximum absolute atomic E-state index is 10.4. The van der Waals surface area contributed by atoms with E-state index in [2.05, 4.69) is 77.4 Å². The SMILES string of the molecule is Cc1c(O)ccc2c3ccccc3n(-c3ccccc3-c3ccccc3)c12. The molecule has 1 N–H and O–H groups in total. The van der Waals surface area contributed by atoms with E-state index in [-0.39, 0.29) is 0 Å². The predicted octanol–water partition coefficient (Wildman–Crippen LogP) is 6.46. The predicted molar refractivity (Wildman–Crippen MR) is 113 cm³/mol. The molecule has 0 spiro atoms. The first-order valence-corrected chi connectivity index (χ1v) is 9.12. The Bertz CT molecular complexity index is 1280. The van der Waals surface area contributed by atoms with E-state index in [4.69, 9.17) is 0 Å². The molecule has 0 atom stereocenters. The summed E-state index contributed by atoms with van der Waals surface area (Å²) < 4.78 is 2.28. The van der Waals surface area contributed by atoms with Crippen LogP contribution in [0.4, 0.5) is 0 Å². The molecule has 0 radical (unpaired) electrons. The fourth-order valence-electron chi connectivity index (χ4n) is 3.99. The van der Waals surface area contributed by atoms with Gasteiger partial charge in [0.1, 0.15) is 5.75 Å². The van der Waals surface area contributed by atoms with Crippen molar-refractivity contribution in [2.24, 2.45) is 0 Å². The molecule has 4 aromatic carbocycles. The van der Waals surface area contributed by atoms with Crippen LogP contribution in [0.5, 0.6) is 5.75 Å². The number of benzene rings is 4. The molecular formula is C25H19NO. The molecule has 2 heteroatoms. The minimum atomic E-state index is 0.323. The Balaban J connectivity index is 1.96. The third kappa shape index (κ3) is 2.34. The largest absolute Gasteiger partial charge is 0.508 e. The van der Waals surface area contributed by atoms with Gasteiger partial charge in [0.2, 0.25) is 0 Å². The first kappa shape index (κ1) is 15.7. The molecule has 0 aliphatic carbocycles. The molecule has 1 heterocycles. The molecule has 0 bridgehead atoms. The Morgan fingerprint density at radius 3 is 2.22 bits per heavy atom. The van der Waals surface area contributed by atoms with Crippen LogP contribution in [0.2, 0.25) is 0 Å². The van der Waals surface area contributed by atoms with Gasteiger partial charge in [-0.15, -0.1) is 0 Å². The minimum absolute atomic E-state index is 0.323. The number of hydrogen-bond acceptors (Lipinski definition) is 1. The van der Waals surface area contributed by atoms with Crippen LogP contribution in [-0.4, -0.2) is 9.67 Å². The summed E-state index contributed by atoms with van der Waals surface area (Å²) in [7, 11) is 0. The van der Waals surface area contributed by atoms with Crippen LogP contribution < -0.4 is 0 Å². The zero-order valence-corrected chi connectivity index (χ0v) is 15.1. The Morgan fingerprint density at radius 2 is 1.37 bits per heavy atom. The Kier molecular flexibility index (Phi) is 3.51. The maximum Gasteiger partial charge on any atom is 0.120 e. The number of aromatic hydroxyl groups is 1. The Hall–Kier alpha value is -3.52. The number of phenolic OH excluding ortho intramolecular Hbond substituents is 1. The van der Waals surface area contributed by atoms with Gasteiger partial charge in [-0.05, 0) is 36.8 Å². The number of phenols is 1. The second-order valence-corrected chi connectivity index (χ2v) is 6.84. The number of para-hydroxylation sites is 2. The van der Waals surface area contributed by atoms with Gasteiger partial charge in [-0.3, -0.25) is 0 Å². The van der Waals surface area contributed by atoms with Crippen molar-refractivity contribution in [1.82, 2.24) is 4.57 Å². The molecule has 1 aromatic heterocycles. The number of rotatable bonds is 2. The number of nitrogens with zero attached hydrogens (tertiary/aromatic N) is 1. The van der Waals surface area contributed by atoms with Crippen molar-refractivity contribution in [2.75, 3.05) is 0 Å². The summed E-state index contributed by atoms with van der Waals surface area (Å²) in [6.45, 7) is 1.98. The number of hydrogen-bond donors (Lipinski definition) is 1. The van der Waals surface area contributed by atoms with Gasteiger partial charge in [-0.2, -0.15) is 0 Å². The van der Waals surface area contributed by atoms with Crippen LogP contribution in [0.3, 0.4) is 0 Å². The lowest BCUT2D eigenvalue weighted by atomic mass is 10.0. The number of aryl methyl sites for hydroxylation is 1. The van der Waals surface area contributed by atoms with Crippen LogP contribution >= 0.6 is 0 Å². The average molecular weight is 349 g/mol. The third-order valence-electron chi connectivity index (χ3n) is 5.29. The van der Waals surface area contributed by atoms with Crippen molar-refractivity contribution in [3.8, 4) is 22.6 Å². The van der Waals surface area contributed by atoms with E-state index in [1.165, 1.54) is 16.5 Å². The van der Waals surface area contributed by atoms with Gasteiger partial charge in [0.25, 0.3) is 0 Å². The van der Waals surface area contributed by atoms with E-state index in [1.54, 1.807) is 6.07 Å². The third-order valence-corrected chi connectivity index (χ3v) is 5.29. The van der Waals surface area contributed by atoms with Crippen LogP contribution in [0.1, 0.15) is 5.56 Å². The van der Waals surface area contributed by atoms with Crippen LogP contribution in [0, 0.1) is 6.92 Å². The summed E-state index contributed by atoms with van der Waals surface area (Å²) in [5.74, 6) is 0.323. The van der Waals surface area contributed by atoms with Gasteiger partial charge < -0.3 is 9.67 Å². The lowest BCUT2D eigenvalue weighted by molar-refractivity contribution is 0.472. The second-order valence-electron chi connectivity index (χ2n) is 6.84. The first-order valence-electron chi connectivity index (χ1n) is 9.12. The molecule has 0 saturated heterocycles. The topological polar surface area (TPSA) is 25.2 Å². The lowest BCUT2D eigenvalue weighted by Gasteiger charge is -2.15. The van der Waals surface area contributed by atoms with Gasteiger partial charge in [-0.25, -0.2) is 0 Å². The Labute approximate surface area is 157 Å². The van der Waals surface area contributed by atoms with Gasteiger partial charge in [0.05, 0.1) is 16.7 Å².